The normalized spacial score (nSPS) is 16.2. The fourth-order valence-corrected chi connectivity index (χ4v) is 2.44. The first-order valence-electron chi connectivity index (χ1n) is 6.00. The maximum Gasteiger partial charge on any atom is 0.356 e. The first-order valence-corrected chi connectivity index (χ1v) is 6.00. The molecule has 1 aliphatic heterocycles. The Balaban J connectivity index is 2.26. The lowest BCUT2D eigenvalue weighted by Gasteiger charge is -2.30. The Hall–Kier alpha value is -1.36. The lowest BCUT2D eigenvalue weighted by Crippen LogP contribution is -2.36. The summed E-state index contributed by atoms with van der Waals surface area (Å²) in [6, 6.07) is 0. The van der Waals surface area contributed by atoms with E-state index in [1.54, 1.807) is 0 Å². The summed E-state index contributed by atoms with van der Waals surface area (Å²) in [5, 5.41) is 9.13. The van der Waals surface area contributed by atoms with E-state index in [2.05, 4.69) is 23.7 Å². The highest BCUT2D eigenvalue weighted by atomic mass is 16.4. The number of fused-ring (bicyclic) bond motifs is 1. The van der Waals surface area contributed by atoms with Crippen molar-refractivity contribution in [1.82, 2.24) is 14.5 Å². The molecule has 1 aromatic heterocycles. The monoisotopic (exact) mass is 237 g/mol. The molecule has 17 heavy (non-hydrogen) atoms. The summed E-state index contributed by atoms with van der Waals surface area (Å²) in [7, 11) is 0. The number of imidazole rings is 1. The van der Waals surface area contributed by atoms with Gasteiger partial charge in [0.15, 0.2) is 5.69 Å². The largest absolute Gasteiger partial charge is 0.476 e. The highest BCUT2D eigenvalue weighted by Gasteiger charge is 2.25. The average Bonchev–Trinajstić information content (AvgIpc) is 2.55. The van der Waals surface area contributed by atoms with Crippen LogP contribution in [0.5, 0.6) is 0 Å². The Morgan fingerprint density at radius 3 is 2.76 bits per heavy atom. The van der Waals surface area contributed by atoms with Crippen LogP contribution in [-0.2, 0) is 13.1 Å². The maximum atomic E-state index is 11.1. The number of nitrogens with zero attached hydrogens (tertiary/aromatic N) is 3. The van der Waals surface area contributed by atoms with Gasteiger partial charge in [-0.05, 0) is 12.8 Å². The van der Waals surface area contributed by atoms with Crippen LogP contribution in [0.3, 0.4) is 0 Å². The molecular formula is C12H19N3O2. The number of aromatic carboxylic acids is 1. The molecule has 0 fully saturated rings. The zero-order valence-electron chi connectivity index (χ0n) is 10.6. The predicted molar refractivity (Wildman–Crippen MR) is 64.0 cm³/mol. The van der Waals surface area contributed by atoms with E-state index in [9.17, 15) is 4.79 Å². The van der Waals surface area contributed by atoms with Crippen LogP contribution in [0.25, 0.3) is 0 Å². The predicted octanol–water partition coefficient (Wildman–Crippen LogP) is 1.36. The summed E-state index contributed by atoms with van der Waals surface area (Å²) in [6.45, 7) is 9.73. The van der Waals surface area contributed by atoms with Crippen molar-refractivity contribution in [2.45, 2.75) is 33.9 Å². The molecule has 0 unspecified atom stereocenters. The van der Waals surface area contributed by atoms with Crippen molar-refractivity contribution in [2.75, 3.05) is 13.1 Å². The molecule has 1 aromatic rings. The summed E-state index contributed by atoms with van der Waals surface area (Å²) < 4.78 is 2.03. The highest BCUT2D eigenvalue weighted by molar-refractivity contribution is 5.86. The fourth-order valence-electron chi connectivity index (χ4n) is 2.44. The summed E-state index contributed by atoms with van der Waals surface area (Å²) in [5.74, 6) is 0.480. The molecule has 0 aromatic carbocycles. The Kier molecular flexibility index (Phi) is 3.19. The fraction of sp³-hybridized carbons (Fsp3) is 0.667. The molecule has 5 heteroatoms. The number of carboxylic acids is 1. The van der Waals surface area contributed by atoms with Gasteiger partial charge in [0.2, 0.25) is 0 Å². The summed E-state index contributed by atoms with van der Waals surface area (Å²) in [4.78, 5) is 17.6. The molecule has 0 atom stereocenters. The molecule has 0 spiro atoms. The third-order valence-electron chi connectivity index (χ3n) is 3.10. The van der Waals surface area contributed by atoms with Gasteiger partial charge in [-0.25, -0.2) is 9.78 Å². The number of aryl methyl sites for hydroxylation is 1. The molecule has 0 amide bonds. The number of carbonyl (C=O) groups is 1. The molecule has 0 bridgehead atoms. The second kappa shape index (κ2) is 4.49. The maximum absolute atomic E-state index is 11.1. The molecule has 2 rings (SSSR count). The van der Waals surface area contributed by atoms with Crippen molar-refractivity contribution in [1.29, 1.82) is 0 Å². The first kappa shape index (κ1) is 12.1. The zero-order valence-corrected chi connectivity index (χ0v) is 10.6. The lowest BCUT2D eigenvalue weighted by atomic mass is 10.1. The number of carboxylic acid groups (broad SMARTS) is 1. The van der Waals surface area contributed by atoms with Gasteiger partial charge in [-0.2, -0.15) is 0 Å². The Morgan fingerprint density at radius 2 is 2.18 bits per heavy atom. The van der Waals surface area contributed by atoms with E-state index in [-0.39, 0.29) is 5.69 Å². The number of hydrogen-bond acceptors (Lipinski definition) is 3. The van der Waals surface area contributed by atoms with E-state index >= 15 is 0 Å². The van der Waals surface area contributed by atoms with Gasteiger partial charge in [-0.15, -0.1) is 0 Å². The number of hydrogen-bond donors (Lipinski definition) is 1. The van der Waals surface area contributed by atoms with Crippen molar-refractivity contribution < 1.29 is 9.90 Å². The molecule has 1 aliphatic rings. The Morgan fingerprint density at radius 1 is 1.47 bits per heavy atom. The standard InChI is InChI=1S/C12H19N3O2/c1-8(2)6-14-4-5-15-9(3)13-11(12(16)17)10(15)7-14/h8H,4-7H2,1-3H3,(H,16,17). The van der Waals surface area contributed by atoms with Crippen molar-refractivity contribution >= 4 is 5.97 Å². The van der Waals surface area contributed by atoms with Crippen LogP contribution in [0.15, 0.2) is 0 Å². The van der Waals surface area contributed by atoms with E-state index in [1.165, 1.54) is 0 Å². The molecule has 94 valence electrons. The van der Waals surface area contributed by atoms with Crippen LogP contribution in [0, 0.1) is 12.8 Å². The lowest BCUT2D eigenvalue weighted by molar-refractivity contribution is 0.0686. The van der Waals surface area contributed by atoms with E-state index in [0.29, 0.717) is 12.5 Å². The highest BCUT2D eigenvalue weighted by Crippen LogP contribution is 2.19. The second-order valence-electron chi connectivity index (χ2n) is 5.04. The van der Waals surface area contributed by atoms with Crippen LogP contribution in [0.1, 0.15) is 35.9 Å². The minimum absolute atomic E-state index is 0.218. The van der Waals surface area contributed by atoms with Crippen LogP contribution < -0.4 is 0 Å². The Bertz CT molecular complexity index is 437. The van der Waals surface area contributed by atoms with Crippen molar-refractivity contribution in [3.63, 3.8) is 0 Å². The van der Waals surface area contributed by atoms with Gasteiger partial charge < -0.3 is 9.67 Å². The molecule has 0 aliphatic carbocycles. The topological polar surface area (TPSA) is 58.4 Å². The zero-order chi connectivity index (χ0) is 12.6. The molecular weight excluding hydrogens is 218 g/mol. The van der Waals surface area contributed by atoms with E-state index in [1.807, 2.05) is 11.5 Å². The first-order chi connectivity index (χ1) is 7.99. The van der Waals surface area contributed by atoms with Gasteiger partial charge in [-0.3, -0.25) is 4.90 Å². The van der Waals surface area contributed by atoms with Crippen LogP contribution in [0.2, 0.25) is 0 Å². The van der Waals surface area contributed by atoms with Gasteiger partial charge in [0.1, 0.15) is 5.82 Å². The summed E-state index contributed by atoms with van der Waals surface area (Å²) in [6.07, 6.45) is 0. The summed E-state index contributed by atoms with van der Waals surface area (Å²) >= 11 is 0. The number of rotatable bonds is 3. The van der Waals surface area contributed by atoms with E-state index < -0.39 is 5.97 Å². The van der Waals surface area contributed by atoms with Crippen molar-refractivity contribution in [3.8, 4) is 0 Å². The van der Waals surface area contributed by atoms with Crippen LogP contribution >= 0.6 is 0 Å². The minimum Gasteiger partial charge on any atom is -0.476 e. The Labute approximate surface area is 101 Å². The smallest absolute Gasteiger partial charge is 0.356 e. The van der Waals surface area contributed by atoms with Crippen molar-refractivity contribution in [2.24, 2.45) is 5.92 Å². The molecule has 0 saturated heterocycles. The van der Waals surface area contributed by atoms with Gasteiger partial charge >= 0.3 is 5.97 Å². The molecule has 1 N–H and O–H groups in total. The van der Waals surface area contributed by atoms with Gasteiger partial charge in [-0.1, -0.05) is 13.8 Å². The van der Waals surface area contributed by atoms with E-state index in [0.717, 1.165) is 31.2 Å². The van der Waals surface area contributed by atoms with Gasteiger partial charge in [0.25, 0.3) is 0 Å². The third-order valence-corrected chi connectivity index (χ3v) is 3.10. The number of aromatic nitrogens is 2. The summed E-state index contributed by atoms with van der Waals surface area (Å²) in [5.41, 5.74) is 1.07. The third kappa shape index (κ3) is 2.34. The average molecular weight is 237 g/mol. The van der Waals surface area contributed by atoms with Crippen LogP contribution in [-0.4, -0.2) is 38.6 Å². The molecule has 2 heterocycles. The van der Waals surface area contributed by atoms with E-state index in [4.69, 9.17) is 5.11 Å². The second-order valence-corrected chi connectivity index (χ2v) is 5.04. The quantitative estimate of drug-likeness (QED) is 0.862. The SMILES string of the molecule is Cc1nc(C(=O)O)c2n1CCN(CC(C)C)C2. The van der Waals surface area contributed by atoms with Gasteiger partial charge in [0.05, 0.1) is 5.69 Å². The van der Waals surface area contributed by atoms with Crippen LogP contribution in [0.4, 0.5) is 0 Å². The van der Waals surface area contributed by atoms with Crippen molar-refractivity contribution in [3.05, 3.63) is 17.2 Å². The minimum atomic E-state index is -0.923. The molecule has 0 radical (unpaired) electrons. The molecule has 0 saturated carbocycles. The molecule has 5 nitrogen and oxygen atoms in total. The van der Waals surface area contributed by atoms with Gasteiger partial charge in [0, 0.05) is 26.2 Å².